The fraction of sp³-hybridized carbons (Fsp3) is 0.208. The normalized spacial score (nSPS) is 14.8. The second-order valence-electron chi connectivity index (χ2n) is 6.83. The van der Waals surface area contributed by atoms with Crippen LogP contribution in [0.2, 0.25) is 0 Å². The van der Waals surface area contributed by atoms with Crippen LogP contribution >= 0.6 is 11.8 Å². The first-order valence-corrected chi connectivity index (χ1v) is 10.8. The van der Waals surface area contributed by atoms with Gasteiger partial charge in [-0.25, -0.2) is 0 Å². The molecule has 0 saturated carbocycles. The molecule has 0 aromatic heterocycles. The summed E-state index contributed by atoms with van der Waals surface area (Å²) in [7, 11) is 4.50. The highest BCUT2D eigenvalue weighted by Crippen LogP contribution is 2.40. The Morgan fingerprint density at radius 1 is 1.00 bits per heavy atom. The number of nitrogens with zero attached hydrogens (tertiary/aromatic N) is 1. The molecule has 9 heteroatoms. The number of carbonyl (C=O) groups excluding carboxylic acids is 3. The summed E-state index contributed by atoms with van der Waals surface area (Å²) in [5, 5.41) is 2.29. The van der Waals surface area contributed by atoms with Crippen LogP contribution in [-0.4, -0.2) is 56.4 Å². The van der Waals surface area contributed by atoms with Crippen molar-refractivity contribution in [1.29, 1.82) is 0 Å². The van der Waals surface area contributed by atoms with Crippen molar-refractivity contribution in [1.82, 2.24) is 10.2 Å². The van der Waals surface area contributed by atoms with Gasteiger partial charge in [0.2, 0.25) is 11.7 Å². The Bertz CT molecular complexity index is 1070. The molecule has 0 spiro atoms. The highest BCUT2D eigenvalue weighted by atomic mass is 32.2. The van der Waals surface area contributed by atoms with Gasteiger partial charge < -0.3 is 19.5 Å². The zero-order valence-electron chi connectivity index (χ0n) is 18.5. The molecule has 33 heavy (non-hydrogen) atoms. The second kappa shape index (κ2) is 11.2. The summed E-state index contributed by atoms with van der Waals surface area (Å²) in [4.78, 5) is 38.5. The van der Waals surface area contributed by atoms with E-state index in [1.165, 1.54) is 27.4 Å². The minimum Gasteiger partial charge on any atom is -0.493 e. The summed E-state index contributed by atoms with van der Waals surface area (Å²) in [6.45, 7) is 0.218. The van der Waals surface area contributed by atoms with Crippen molar-refractivity contribution in [3.05, 3.63) is 64.6 Å². The third-order valence-electron chi connectivity index (χ3n) is 4.72. The second-order valence-corrected chi connectivity index (χ2v) is 7.82. The maximum atomic E-state index is 12.7. The van der Waals surface area contributed by atoms with Gasteiger partial charge in [0.05, 0.1) is 26.2 Å². The number of hydrogen-bond acceptors (Lipinski definition) is 7. The predicted octanol–water partition coefficient (Wildman–Crippen LogP) is 3.58. The quantitative estimate of drug-likeness (QED) is 0.562. The van der Waals surface area contributed by atoms with E-state index < -0.39 is 11.1 Å². The first kappa shape index (κ1) is 23.9. The summed E-state index contributed by atoms with van der Waals surface area (Å²) >= 11 is 0.839. The molecule has 1 N–H and O–H groups in total. The Morgan fingerprint density at radius 2 is 1.67 bits per heavy atom. The predicted molar refractivity (Wildman–Crippen MR) is 127 cm³/mol. The molecule has 0 bridgehead atoms. The van der Waals surface area contributed by atoms with Gasteiger partial charge in [-0.3, -0.25) is 19.3 Å². The van der Waals surface area contributed by atoms with Crippen molar-refractivity contribution in [2.45, 2.75) is 0 Å². The molecule has 1 aliphatic rings. The molecule has 3 rings (SSSR count). The summed E-state index contributed by atoms with van der Waals surface area (Å²) in [5.74, 6) is 0.580. The molecule has 2 aromatic rings. The zero-order valence-corrected chi connectivity index (χ0v) is 19.3. The third kappa shape index (κ3) is 5.95. The molecule has 0 unspecified atom stereocenters. The highest BCUT2D eigenvalue weighted by molar-refractivity contribution is 8.18. The molecular formula is C24H24N2O6S. The number of thioether (sulfide) groups is 1. The van der Waals surface area contributed by atoms with Gasteiger partial charge in [0.15, 0.2) is 11.5 Å². The monoisotopic (exact) mass is 468 g/mol. The maximum absolute atomic E-state index is 12.7. The van der Waals surface area contributed by atoms with Crippen LogP contribution in [0.4, 0.5) is 4.79 Å². The van der Waals surface area contributed by atoms with Gasteiger partial charge in [-0.1, -0.05) is 30.3 Å². The smallest absolute Gasteiger partial charge is 0.293 e. The Hall–Kier alpha value is -3.72. The molecule has 1 aliphatic heterocycles. The molecule has 172 valence electrons. The Labute approximate surface area is 196 Å². The lowest BCUT2D eigenvalue weighted by atomic mass is 10.1. The number of ether oxygens (including phenoxy) is 3. The first-order chi connectivity index (χ1) is 16.0. The number of benzene rings is 2. The van der Waals surface area contributed by atoms with E-state index in [-0.39, 0.29) is 23.9 Å². The molecule has 1 saturated heterocycles. The van der Waals surface area contributed by atoms with Gasteiger partial charge in [-0.15, -0.1) is 0 Å². The largest absolute Gasteiger partial charge is 0.493 e. The van der Waals surface area contributed by atoms with Gasteiger partial charge >= 0.3 is 0 Å². The van der Waals surface area contributed by atoms with Crippen molar-refractivity contribution in [2.75, 3.05) is 34.4 Å². The lowest BCUT2D eigenvalue weighted by Crippen LogP contribution is -2.36. The number of nitrogens with one attached hydrogen (secondary N) is 1. The minimum atomic E-state index is -0.423. The number of rotatable bonds is 9. The van der Waals surface area contributed by atoms with E-state index in [1.54, 1.807) is 24.3 Å². The van der Waals surface area contributed by atoms with Crippen LogP contribution in [0.1, 0.15) is 11.1 Å². The van der Waals surface area contributed by atoms with Crippen molar-refractivity contribution in [3.63, 3.8) is 0 Å². The zero-order chi connectivity index (χ0) is 23.8. The van der Waals surface area contributed by atoms with Crippen LogP contribution in [0.15, 0.2) is 53.4 Å². The standard InChI is InChI=1S/C24H24N2O6S/c1-30-18-13-17(14-19(31-2)22(18)32-3)15-20-23(28)26(24(29)33-20)12-11-25-21(27)10-9-16-7-5-4-6-8-16/h4-10,13-15H,11-12H2,1-3H3,(H,25,27). The van der Waals surface area contributed by atoms with E-state index in [9.17, 15) is 14.4 Å². The maximum Gasteiger partial charge on any atom is 0.293 e. The topological polar surface area (TPSA) is 94.2 Å². The van der Waals surface area contributed by atoms with Gasteiger partial charge in [-0.05, 0) is 47.2 Å². The Balaban J connectivity index is 1.63. The van der Waals surface area contributed by atoms with Crippen molar-refractivity contribution in [2.24, 2.45) is 0 Å². The summed E-state index contributed by atoms with van der Waals surface area (Å²) < 4.78 is 16.0. The average Bonchev–Trinajstić information content (AvgIpc) is 3.09. The van der Waals surface area contributed by atoms with Crippen molar-refractivity contribution >= 4 is 41.0 Å². The van der Waals surface area contributed by atoms with E-state index in [0.29, 0.717) is 22.8 Å². The number of carbonyl (C=O) groups is 3. The summed E-state index contributed by atoms with van der Waals surface area (Å²) in [6.07, 6.45) is 4.69. The van der Waals surface area contributed by atoms with Crippen molar-refractivity contribution in [3.8, 4) is 17.2 Å². The minimum absolute atomic E-state index is 0.0716. The first-order valence-electron chi connectivity index (χ1n) is 10.0. The van der Waals surface area contributed by atoms with E-state index >= 15 is 0 Å². The van der Waals surface area contributed by atoms with Crippen molar-refractivity contribution < 1.29 is 28.6 Å². The molecule has 3 amide bonds. The van der Waals surface area contributed by atoms with E-state index in [4.69, 9.17) is 14.2 Å². The molecule has 1 fully saturated rings. The fourth-order valence-electron chi connectivity index (χ4n) is 3.11. The SMILES string of the molecule is COc1cc(C=C2SC(=O)N(CCNC(=O)C=Cc3ccccc3)C2=O)cc(OC)c1OC. The number of hydrogen-bond donors (Lipinski definition) is 1. The Morgan fingerprint density at radius 3 is 2.27 bits per heavy atom. The van der Waals surface area contributed by atoms with Crippen LogP contribution in [0.25, 0.3) is 12.2 Å². The van der Waals surface area contributed by atoms with E-state index in [0.717, 1.165) is 22.2 Å². The fourth-order valence-corrected chi connectivity index (χ4v) is 3.98. The number of amides is 3. The highest BCUT2D eigenvalue weighted by Gasteiger charge is 2.34. The third-order valence-corrected chi connectivity index (χ3v) is 5.63. The molecule has 1 heterocycles. The summed E-state index contributed by atoms with van der Waals surface area (Å²) in [6, 6.07) is 12.8. The average molecular weight is 469 g/mol. The van der Waals surface area contributed by atoms with Crippen LogP contribution in [0, 0.1) is 0 Å². The van der Waals surface area contributed by atoms with Crippen LogP contribution in [0.5, 0.6) is 17.2 Å². The molecular weight excluding hydrogens is 444 g/mol. The lowest BCUT2D eigenvalue weighted by molar-refractivity contribution is -0.123. The molecule has 0 atom stereocenters. The van der Waals surface area contributed by atoms with E-state index in [2.05, 4.69) is 5.32 Å². The number of methoxy groups -OCH3 is 3. The van der Waals surface area contributed by atoms with Crippen LogP contribution in [-0.2, 0) is 9.59 Å². The molecule has 0 radical (unpaired) electrons. The molecule has 0 aliphatic carbocycles. The van der Waals surface area contributed by atoms with E-state index in [1.807, 2.05) is 30.3 Å². The van der Waals surface area contributed by atoms with Crippen LogP contribution < -0.4 is 19.5 Å². The van der Waals surface area contributed by atoms with Gasteiger partial charge in [-0.2, -0.15) is 0 Å². The molecule has 2 aromatic carbocycles. The molecule has 8 nitrogen and oxygen atoms in total. The lowest BCUT2D eigenvalue weighted by Gasteiger charge is -2.13. The Kier molecular flexibility index (Phi) is 8.15. The van der Waals surface area contributed by atoms with Crippen LogP contribution in [0.3, 0.4) is 0 Å². The van der Waals surface area contributed by atoms with Gasteiger partial charge in [0.1, 0.15) is 0 Å². The summed E-state index contributed by atoms with van der Waals surface area (Å²) in [5.41, 5.74) is 1.52. The number of imide groups is 1. The van der Waals surface area contributed by atoms with Gasteiger partial charge in [0, 0.05) is 19.2 Å². The van der Waals surface area contributed by atoms with Gasteiger partial charge in [0.25, 0.3) is 11.1 Å².